The molecule has 15 heavy (non-hydrogen) atoms. The third-order valence-corrected chi connectivity index (χ3v) is 2.22. The maximum absolute atomic E-state index is 10.9. The summed E-state index contributed by atoms with van der Waals surface area (Å²) >= 11 is 0. The van der Waals surface area contributed by atoms with Crippen molar-refractivity contribution in [2.24, 2.45) is 0 Å². The fourth-order valence-corrected chi connectivity index (χ4v) is 1.41. The molecule has 1 aliphatic heterocycles. The van der Waals surface area contributed by atoms with Gasteiger partial charge in [-0.15, -0.1) is 0 Å². The van der Waals surface area contributed by atoms with Crippen LogP contribution >= 0.6 is 0 Å². The Labute approximate surface area is 94.8 Å². The first-order valence-electron chi connectivity index (χ1n) is 6.02. The molecule has 1 aliphatic rings. The fourth-order valence-electron chi connectivity index (χ4n) is 1.41. The molecule has 3 nitrogen and oxygen atoms in total. The van der Waals surface area contributed by atoms with Gasteiger partial charge in [-0.1, -0.05) is 27.7 Å². The Kier molecular flexibility index (Phi) is 12.9. The third-order valence-electron chi connectivity index (χ3n) is 2.22. The van der Waals surface area contributed by atoms with Gasteiger partial charge in [-0.05, 0) is 12.8 Å². The zero-order chi connectivity index (χ0) is 12.3. The Bertz CT molecular complexity index is 141. The number of ether oxygens (including phenoxy) is 1. The van der Waals surface area contributed by atoms with Gasteiger partial charge in [0.2, 0.25) is 5.91 Å². The number of piperidine rings is 1. The normalized spacial score (nSPS) is 15.7. The van der Waals surface area contributed by atoms with Crippen LogP contribution in [0.3, 0.4) is 0 Å². The predicted molar refractivity (Wildman–Crippen MR) is 65.0 cm³/mol. The van der Waals surface area contributed by atoms with Crippen molar-refractivity contribution in [1.82, 2.24) is 4.90 Å². The molecule has 92 valence electrons. The van der Waals surface area contributed by atoms with E-state index in [1.165, 1.54) is 0 Å². The van der Waals surface area contributed by atoms with E-state index < -0.39 is 0 Å². The zero-order valence-corrected chi connectivity index (χ0v) is 11.2. The van der Waals surface area contributed by atoms with Gasteiger partial charge in [0.15, 0.2) is 0 Å². The molecule has 1 amide bonds. The van der Waals surface area contributed by atoms with Gasteiger partial charge in [-0.3, -0.25) is 4.79 Å². The van der Waals surface area contributed by atoms with E-state index in [0.29, 0.717) is 6.10 Å². The number of methoxy groups -OCH3 is 1. The fraction of sp³-hybridized carbons (Fsp3) is 0.917. The van der Waals surface area contributed by atoms with Crippen LogP contribution in [0.4, 0.5) is 0 Å². The van der Waals surface area contributed by atoms with Gasteiger partial charge in [0, 0.05) is 27.1 Å². The average Bonchev–Trinajstić information content (AvgIpc) is 2.34. The Hall–Kier alpha value is -0.570. The van der Waals surface area contributed by atoms with Crippen LogP contribution in [0.25, 0.3) is 0 Å². The molecule has 0 N–H and O–H groups in total. The number of carbonyl (C=O) groups is 1. The van der Waals surface area contributed by atoms with Gasteiger partial charge in [-0.25, -0.2) is 0 Å². The van der Waals surface area contributed by atoms with Crippen LogP contribution in [0, 0.1) is 0 Å². The molecule has 0 radical (unpaired) electrons. The molecule has 0 atom stereocenters. The van der Waals surface area contributed by atoms with E-state index in [1.807, 2.05) is 32.6 Å². The van der Waals surface area contributed by atoms with Gasteiger partial charge in [-0.2, -0.15) is 0 Å². The Morgan fingerprint density at radius 2 is 1.53 bits per heavy atom. The van der Waals surface area contributed by atoms with E-state index in [9.17, 15) is 4.79 Å². The van der Waals surface area contributed by atoms with Gasteiger partial charge >= 0.3 is 0 Å². The summed E-state index contributed by atoms with van der Waals surface area (Å²) in [4.78, 5) is 12.7. The number of hydrogen-bond donors (Lipinski definition) is 0. The van der Waals surface area contributed by atoms with Gasteiger partial charge in [0.25, 0.3) is 0 Å². The highest BCUT2D eigenvalue weighted by molar-refractivity contribution is 5.73. The summed E-state index contributed by atoms with van der Waals surface area (Å²) in [7, 11) is 1.73. The molecule has 1 heterocycles. The first-order chi connectivity index (χ1) is 7.24. The largest absolute Gasteiger partial charge is 0.381 e. The Morgan fingerprint density at radius 3 is 1.80 bits per heavy atom. The van der Waals surface area contributed by atoms with Crippen LogP contribution in [0.1, 0.15) is 47.5 Å². The van der Waals surface area contributed by atoms with E-state index in [-0.39, 0.29) is 5.91 Å². The lowest BCUT2D eigenvalue weighted by molar-refractivity contribution is -0.131. The minimum Gasteiger partial charge on any atom is -0.381 e. The lowest BCUT2D eigenvalue weighted by Gasteiger charge is -2.30. The summed E-state index contributed by atoms with van der Waals surface area (Å²) in [6, 6.07) is 0. The average molecular weight is 217 g/mol. The van der Waals surface area contributed by atoms with Gasteiger partial charge in [0.1, 0.15) is 0 Å². The Balaban J connectivity index is 0. The van der Waals surface area contributed by atoms with Crippen molar-refractivity contribution < 1.29 is 9.53 Å². The van der Waals surface area contributed by atoms with E-state index in [2.05, 4.69) is 0 Å². The molecule has 0 aromatic rings. The third kappa shape index (κ3) is 7.37. The molecule has 0 bridgehead atoms. The van der Waals surface area contributed by atoms with Crippen LogP contribution in [0.5, 0.6) is 0 Å². The number of nitrogens with zero attached hydrogens (tertiary/aromatic N) is 1. The van der Waals surface area contributed by atoms with Crippen molar-refractivity contribution in [3.8, 4) is 0 Å². The molecule has 0 aromatic carbocycles. The monoisotopic (exact) mass is 217 g/mol. The second-order valence-electron chi connectivity index (χ2n) is 2.94. The molecule has 0 saturated carbocycles. The van der Waals surface area contributed by atoms with Crippen LogP contribution in [0.15, 0.2) is 0 Å². The molecule has 0 spiro atoms. The van der Waals surface area contributed by atoms with Gasteiger partial charge < -0.3 is 9.64 Å². The summed E-state index contributed by atoms with van der Waals surface area (Å²) in [5, 5.41) is 0. The number of likely N-dealkylation sites (tertiary alicyclic amines) is 1. The predicted octanol–water partition coefficient (Wildman–Crippen LogP) is 2.70. The molecule has 0 aromatic heterocycles. The van der Waals surface area contributed by atoms with Crippen LogP contribution in [-0.4, -0.2) is 37.1 Å². The lowest BCUT2D eigenvalue weighted by Crippen LogP contribution is -2.39. The van der Waals surface area contributed by atoms with E-state index >= 15 is 0 Å². The molecule has 0 unspecified atom stereocenters. The molecule has 3 heteroatoms. The van der Waals surface area contributed by atoms with Crippen molar-refractivity contribution in [3.63, 3.8) is 0 Å². The summed E-state index contributed by atoms with van der Waals surface area (Å²) in [6.45, 7) is 11.3. The number of carbonyl (C=O) groups excluding carboxylic acids is 1. The highest BCUT2D eigenvalue weighted by Gasteiger charge is 2.19. The quantitative estimate of drug-likeness (QED) is 0.676. The molecular weight excluding hydrogens is 190 g/mol. The summed E-state index contributed by atoms with van der Waals surface area (Å²) < 4.78 is 5.18. The molecule has 1 saturated heterocycles. The van der Waals surface area contributed by atoms with Crippen LogP contribution in [-0.2, 0) is 9.53 Å². The zero-order valence-electron chi connectivity index (χ0n) is 11.2. The van der Waals surface area contributed by atoms with Crippen LogP contribution in [0.2, 0.25) is 0 Å². The van der Waals surface area contributed by atoms with E-state index in [1.54, 1.807) is 14.0 Å². The first-order valence-corrected chi connectivity index (χ1v) is 6.02. The maximum Gasteiger partial charge on any atom is 0.219 e. The van der Waals surface area contributed by atoms with Crippen molar-refractivity contribution in [2.45, 2.75) is 53.6 Å². The standard InChI is InChI=1S/C8H15NO2.2C2H6/c1-7(10)9-5-3-8(11-2)4-6-9;2*1-2/h8H,3-6H2,1-2H3;2*1-2H3. The summed E-state index contributed by atoms with van der Waals surface area (Å²) in [6.07, 6.45) is 2.33. The first kappa shape index (κ1) is 16.8. The van der Waals surface area contributed by atoms with Crippen molar-refractivity contribution >= 4 is 5.91 Å². The smallest absolute Gasteiger partial charge is 0.219 e. The number of amides is 1. The van der Waals surface area contributed by atoms with Crippen molar-refractivity contribution in [2.75, 3.05) is 20.2 Å². The second-order valence-corrected chi connectivity index (χ2v) is 2.94. The number of rotatable bonds is 1. The van der Waals surface area contributed by atoms with Crippen molar-refractivity contribution in [3.05, 3.63) is 0 Å². The summed E-state index contributed by atoms with van der Waals surface area (Å²) in [5.74, 6) is 0.180. The minimum absolute atomic E-state index is 0.180. The molecule has 0 aliphatic carbocycles. The summed E-state index contributed by atoms with van der Waals surface area (Å²) in [5.41, 5.74) is 0. The number of hydrogen-bond acceptors (Lipinski definition) is 2. The van der Waals surface area contributed by atoms with Crippen LogP contribution < -0.4 is 0 Å². The van der Waals surface area contributed by atoms with E-state index in [4.69, 9.17) is 4.74 Å². The SMILES string of the molecule is CC.CC.COC1CCN(C(C)=O)CC1. The topological polar surface area (TPSA) is 29.5 Å². The Morgan fingerprint density at radius 1 is 1.13 bits per heavy atom. The van der Waals surface area contributed by atoms with Crippen molar-refractivity contribution in [1.29, 1.82) is 0 Å². The highest BCUT2D eigenvalue weighted by atomic mass is 16.5. The molecular formula is C12H27NO2. The molecule has 1 rings (SSSR count). The minimum atomic E-state index is 0.180. The van der Waals surface area contributed by atoms with E-state index in [0.717, 1.165) is 25.9 Å². The van der Waals surface area contributed by atoms with Gasteiger partial charge in [0.05, 0.1) is 6.10 Å². The molecule has 1 fully saturated rings. The lowest BCUT2D eigenvalue weighted by atomic mass is 10.1. The maximum atomic E-state index is 10.9. The second kappa shape index (κ2) is 11.5. The highest BCUT2D eigenvalue weighted by Crippen LogP contribution is 2.12.